The topological polar surface area (TPSA) is 58.6 Å². The lowest BCUT2D eigenvalue weighted by molar-refractivity contribution is -0.109. The van der Waals surface area contributed by atoms with Gasteiger partial charge in [-0.2, -0.15) is 0 Å². The van der Waals surface area contributed by atoms with Gasteiger partial charge in [0.05, 0.1) is 6.61 Å². The van der Waals surface area contributed by atoms with Crippen LogP contribution in [0.4, 0.5) is 0 Å². The molecule has 0 saturated carbocycles. The normalized spacial score (nSPS) is 9.67. The smallest absolute Gasteiger partial charge is 0.207 e. The number of rotatable bonds is 6. The molecule has 0 atom stereocenters. The number of amides is 1. The van der Waals surface area contributed by atoms with E-state index in [1.807, 2.05) is 66.7 Å². The van der Waals surface area contributed by atoms with Gasteiger partial charge in [0.25, 0.3) is 0 Å². The van der Waals surface area contributed by atoms with Crippen molar-refractivity contribution >= 4 is 17.2 Å². The first-order valence-corrected chi connectivity index (χ1v) is 7.83. The van der Waals surface area contributed by atoms with Gasteiger partial charge in [-0.25, -0.2) is 0 Å². The number of hydrogen-bond donors (Lipinski definition) is 2. The largest absolute Gasteiger partial charge is 0.507 e. The van der Waals surface area contributed by atoms with E-state index in [2.05, 4.69) is 5.32 Å². The molecule has 3 aromatic carbocycles. The zero-order valence-electron chi connectivity index (χ0n) is 13.4. The Balaban J connectivity index is 0.000000175. The van der Waals surface area contributed by atoms with E-state index < -0.39 is 0 Å². The molecule has 0 spiro atoms. The maximum atomic E-state index is 9.89. The van der Waals surface area contributed by atoms with Gasteiger partial charge in [-0.1, -0.05) is 54.6 Å². The van der Waals surface area contributed by atoms with Crippen molar-refractivity contribution in [3.05, 3.63) is 72.8 Å². The zero-order chi connectivity index (χ0) is 17.0. The molecule has 0 saturated heterocycles. The number of benzene rings is 3. The van der Waals surface area contributed by atoms with E-state index in [0.717, 1.165) is 22.9 Å². The summed E-state index contributed by atoms with van der Waals surface area (Å²) in [5.74, 6) is 1.22. The average molecular weight is 323 g/mol. The third-order valence-electron chi connectivity index (χ3n) is 3.33. The minimum Gasteiger partial charge on any atom is -0.507 e. The Morgan fingerprint density at radius 1 is 0.917 bits per heavy atom. The Labute approximate surface area is 141 Å². The van der Waals surface area contributed by atoms with Gasteiger partial charge in [0, 0.05) is 11.9 Å². The number of para-hydroxylation sites is 1. The molecule has 0 bridgehead atoms. The van der Waals surface area contributed by atoms with E-state index in [0.29, 0.717) is 25.3 Å². The van der Waals surface area contributed by atoms with Gasteiger partial charge in [0.1, 0.15) is 11.5 Å². The van der Waals surface area contributed by atoms with Crippen LogP contribution in [0.2, 0.25) is 0 Å². The second-order valence-corrected chi connectivity index (χ2v) is 5.09. The van der Waals surface area contributed by atoms with Crippen LogP contribution in [0.5, 0.6) is 11.5 Å². The summed E-state index contributed by atoms with van der Waals surface area (Å²) in [5.41, 5.74) is 0. The molecular weight excluding hydrogens is 302 g/mol. The minimum absolute atomic E-state index is 0.350. The predicted octanol–water partition coefficient (Wildman–Crippen LogP) is 3.75. The first kappa shape index (κ1) is 17.3. The molecule has 0 radical (unpaired) electrons. The number of phenols is 1. The lowest BCUT2D eigenvalue weighted by Gasteiger charge is -2.04. The van der Waals surface area contributed by atoms with Gasteiger partial charge in [-0.15, -0.1) is 0 Å². The molecule has 24 heavy (non-hydrogen) atoms. The van der Waals surface area contributed by atoms with E-state index in [1.165, 1.54) is 0 Å². The van der Waals surface area contributed by atoms with Crippen LogP contribution in [0.3, 0.4) is 0 Å². The SMILES string of the molecule is O=CNCCCOc1ccccc1.Oc1cccc2ccccc12. The number of fused-ring (bicyclic) bond motifs is 1. The van der Waals surface area contributed by atoms with Gasteiger partial charge < -0.3 is 15.2 Å². The van der Waals surface area contributed by atoms with Crippen molar-refractivity contribution in [1.82, 2.24) is 5.32 Å². The van der Waals surface area contributed by atoms with E-state index in [1.54, 1.807) is 6.07 Å². The molecule has 0 unspecified atom stereocenters. The first-order valence-electron chi connectivity index (χ1n) is 7.83. The third-order valence-corrected chi connectivity index (χ3v) is 3.33. The molecule has 0 heterocycles. The van der Waals surface area contributed by atoms with Crippen LogP contribution in [-0.2, 0) is 4.79 Å². The highest BCUT2D eigenvalue weighted by atomic mass is 16.5. The van der Waals surface area contributed by atoms with Gasteiger partial charge >= 0.3 is 0 Å². The van der Waals surface area contributed by atoms with E-state index in [9.17, 15) is 9.90 Å². The molecule has 3 aromatic rings. The summed E-state index contributed by atoms with van der Waals surface area (Å²) in [4.78, 5) is 9.89. The van der Waals surface area contributed by atoms with Gasteiger partial charge in [-0.3, -0.25) is 4.79 Å². The Kier molecular flexibility index (Phi) is 7.15. The molecule has 2 N–H and O–H groups in total. The lowest BCUT2D eigenvalue weighted by atomic mass is 10.1. The van der Waals surface area contributed by atoms with Crippen molar-refractivity contribution in [3.8, 4) is 11.5 Å². The van der Waals surface area contributed by atoms with E-state index in [-0.39, 0.29) is 0 Å². The number of aromatic hydroxyl groups is 1. The standard InChI is InChI=1S/C10H13NO2.C10H8O/c12-9-11-7-4-8-13-10-5-2-1-3-6-10;11-10-7-3-5-8-4-1-2-6-9(8)10/h1-3,5-6,9H,4,7-8H2,(H,11,12);1-7,11H. The highest BCUT2D eigenvalue weighted by Gasteiger charge is 1.94. The van der Waals surface area contributed by atoms with Crippen molar-refractivity contribution in [3.63, 3.8) is 0 Å². The Morgan fingerprint density at radius 2 is 1.62 bits per heavy atom. The van der Waals surface area contributed by atoms with Crippen LogP contribution in [0.15, 0.2) is 72.8 Å². The molecule has 0 aromatic heterocycles. The second-order valence-electron chi connectivity index (χ2n) is 5.09. The summed E-state index contributed by atoms with van der Waals surface area (Å²) in [6, 6.07) is 22.9. The van der Waals surface area contributed by atoms with Crippen LogP contribution in [-0.4, -0.2) is 24.7 Å². The second kappa shape index (κ2) is 9.90. The van der Waals surface area contributed by atoms with Crippen LogP contribution >= 0.6 is 0 Å². The van der Waals surface area contributed by atoms with E-state index in [4.69, 9.17) is 4.74 Å². The molecule has 4 nitrogen and oxygen atoms in total. The molecule has 0 aliphatic carbocycles. The predicted molar refractivity (Wildman–Crippen MR) is 96.2 cm³/mol. The lowest BCUT2D eigenvalue weighted by Crippen LogP contribution is -2.14. The van der Waals surface area contributed by atoms with Crippen LogP contribution in [0, 0.1) is 0 Å². The van der Waals surface area contributed by atoms with Gasteiger partial charge in [-0.05, 0) is 30.0 Å². The fourth-order valence-electron chi connectivity index (χ4n) is 2.15. The average Bonchev–Trinajstić information content (AvgIpc) is 2.64. The maximum Gasteiger partial charge on any atom is 0.207 e. The molecule has 0 aliphatic rings. The van der Waals surface area contributed by atoms with Crippen molar-refractivity contribution in [2.75, 3.05) is 13.2 Å². The quantitative estimate of drug-likeness (QED) is 0.536. The highest BCUT2D eigenvalue weighted by molar-refractivity contribution is 5.87. The van der Waals surface area contributed by atoms with Crippen LogP contribution in [0.1, 0.15) is 6.42 Å². The van der Waals surface area contributed by atoms with E-state index >= 15 is 0 Å². The number of ether oxygens (including phenoxy) is 1. The van der Waals surface area contributed by atoms with Crippen molar-refractivity contribution < 1.29 is 14.6 Å². The van der Waals surface area contributed by atoms with Crippen molar-refractivity contribution in [1.29, 1.82) is 0 Å². The summed E-state index contributed by atoms with van der Waals surface area (Å²) in [5, 5.41) is 13.9. The third kappa shape index (κ3) is 5.65. The number of nitrogens with one attached hydrogen (secondary N) is 1. The molecular formula is C20H21NO3. The number of carbonyl (C=O) groups excluding carboxylic acids is 1. The van der Waals surface area contributed by atoms with Crippen LogP contribution < -0.4 is 10.1 Å². The fraction of sp³-hybridized carbons (Fsp3) is 0.150. The summed E-state index contributed by atoms with van der Waals surface area (Å²) in [6.45, 7) is 1.29. The Bertz CT molecular complexity index is 739. The van der Waals surface area contributed by atoms with Crippen molar-refractivity contribution in [2.24, 2.45) is 0 Å². The van der Waals surface area contributed by atoms with Gasteiger partial charge in [0.15, 0.2) is 0 Å². The molecule has 0 fully saturated rings. The summed E-state index contributed by atoms with van der Waals surface area (Å²) in [7, 11) is 0. The van der Waals surface area contributed by atoms with Gasteiger partial charge in [0.2, 0.25) is 6.41 Å². The fourth-order valence-corrected chi connectivity index (χ4v) is 2.15. The number of carbonyl (C=O) groups is 1. The summed E-state index contributed by atoms with van der Waals surface area (Å²) in [6.07, 6.45) is 1.52. The molecule has 0 aliphatic heterocycles. The highest BCUT2D eigenvalue weighted by Crippen LogP contribution is 2.22. The first-order chi connectivity index (χ1) is 11.8. The molecule has 4 heteroatoms. The van der Waals surface area contributed by atoms with Crippen LogP contribution in [0.25, 0.3) is 10.8 Å². The number of phenolic OH excluding ortho intramolecular Hbond substituents is 1. The molecule has 124 valence electrons. The maximum absolute atomic E-state index is 9.89. The zero-order valence-corrected chi connectivity index (χ0v) is 13.4. The Hall–Kier alpha value is -3.01. The molecule has 3 rings (SSSR count). The Morgan fingerprint density at radius 3 is 2.38 bits per heavy atom. The summed E-state index contributed by atoms with van der Waals surface area (Å²) >= 11 is 0. The number of hydrogen-bond acceptors (Lipinski definition) is 3. The van der Waals surface area contributed by atoms with Crippen molar-refractivity contribution in [2.45, 2.75) is 6.42 Å². The minimum atomic E-state index is 0.350. The summed E-state index contributed by atoms with van der Waals surface area (Å²) < 4.78 is 5.40. The molecule has 1 amide bonds. The monoisotopic (exact) mass is 323 g/mol.